The van der Waals surface area contributed by atoms with E-state index < -0.39 is 17.6 Å². The fourth-order valence-corrected chi connectivity index (χ4v) is 1.52. The number of alkyl halides is 3. The highest BCUT2D eigenvalue weighted by Crippen LogP contribution is 2.32. The van der Waals surface area contributed by atoms with Gasteiger partial charge in [0, 0.05) is 13.7 Å². The van der Waals surface area contributed by atoms with Crippen molar-refractivity contribution in [2.45, 2.75) is 25.4 Å². The van der Waals surface area contributed by atoms with Crippen LogP contribution in [0.5, 0.6) is 0 Å². The number of hydrogen-bond acceptors (Lipinski definition) is 1. The predicted molar refractivity (Wildman–Crippen MR) is 56.3 cm³/mol. The van der Waals surface area contributed by atoms with Crippen molar-refractivity contribution in [1.29, 1.82) is 0 Å². The van der Waals surface area contributed by atoms with E-state index >= 15 is 0 Å². The smallest absolute Gasteiger partial charge is 0.385 e. The van der Waals surface area contributed by atoms with E-state index in [-0.39, 0.29) is 5.92 Å². The molecule has 0 heterocycles. The van der Waals surface area contributed by atoms with Crippen LogP contribution in [0.1, 0.15) is 30.4 Å². The molecule has 17 heavy (non-hydrogen) atoms. The third-order valence-electron chi connectivity index (χ3n) is 2.57. The van der Waals surface area contributed by atoms with E-state index in [0.29, 0.717) is 24.7 Å². The van der Waals surface area contributed by atoms with E-state index in [4.69, 9.17) is 4.74 Å². The first-order chi connectivity index (χ1) is 7.84. The molecule has 0 amide bonds. The van der Waals surface area contributed by atoms with Crippen molar-refractivity contribution < 1.29 is 22.3 Å². The van der Waals surface area contributed by atoms with Crippen LogP contribution in [-0.2, 0) is 10.9 Å². The molecule has 1 nitrogen and oxygen atoms in total. The minimum Gasteiger partial charge on any atom is -0.385 e. The van der Waals surface area contributed by atoms with Gasteiger partial charge in [-0.05, 0) is 36.1 Å². The van der Waals surface area contributed by atoms with Crippen molar-refractivity contribution in [2.24, 2.45) is 0 Å². The first-order valence-electron chi connectivity index (χ1n) is 5.21. The van der Waals surface area contributed by atoms with Gasteiger partial charge in [-0.1, -0.05) is 6.92 Å². The van der Waals surface area contributed by atoms with Crippen molar-refractivity contribution in [3.8, 4) is 0 Å². The van der Waals surface area contributed by atoms with Gasteiger partial charge in [0.2, 0.25) is 0 Å². The Morgan fingerprint density at radius 2 is 1.88 bits per heavy atom. The van der Waals surface area contributed by atoms with Gasteiger partial charge < -0.3 is 4.74 Å². The fourth-order valence-electron chi connectivity index (χ4n) is 1.52. The van der Waals surface area contributed by atoms with E-state index in [1.54, 1.807) is 6.92 Å². The number of benzene rings is 1. The molecule has 0 aliphatic heterocycles. The molecule has 0 aromatic heterocycles. The Morgan fingerprint density at radius 1 is 1.24 bits per heavy atom. The van der Waals surface area contributed by atoms with Crippen LogP contribution in [-0.4, -0.2) is 13.7 Å². The number of rotatable bonds is 4. The average molecular weight is 250 g/mol. The summed E-state index contributed by atoms with van der Waals surface area (Å²) in [6.45, 7) is 2.17. The van der Waals surface area contributed by atoms with Gasteiger partial charge >= 0.3 is 6.18 Å². The van der Waals surface area contributed by atoms with Crippen molar-refractivity contribution in [3.63, 3.8) is 0 Å². The summed E-state index contributed by atoms with van der Waals surface area (Å²) in [5.74, 6) is -1.04. The maximum atomic E-state index is 13.1. The van der Waals surface area contributed by atoms with Gasteiger partial charge in [-0.2, -0.15) is 13.2 Å². The quantitative estimate of drug-likeness (QED) is 0.734. The summed E-state index contributed by atoms with van der Waals surface area (Å²) in [6, 6.07) is 2.63. The van der Waals surface area contributed by atoms with Crippen LogP contribution in [0.3, 0.4) is 0 Å². The molecule has 0 aliphatic carbocycles. The Labute approximate surface area is 97.4 Å². The van der Waals surface area contributed by atoms with Crippen LogP contribution in [0.2, 0.25) is 0 Å². The van der Waals surface area contributed by atoms with Gasteiger partial charge in [0.05, 0.1) is 5.56 Å². The zero-order valence-electron chi connectivity index (χ0n) is 9.64. The predicted octanol–water partition coefficient (Wildman–Crippen LogP) is 3.98. The van der Waals surface area contributed by atoms with Gasteiger partial charge in [0.15, 0.2) is 0 Å². The molecule has 1 aromatic rings. The summed E-state index contributed by atoms with van der Waals surface area (Å²) >= 11 is 0. The van der Waals surface area contributed by atoms with Crippen LogP contribution in [0.25, 0.3) is 0 Å². The number of methoxy groups -OCH3 is 1. The second-order valence-electron chi connectivity index (χ2n) is 3.95. The van der Waals surface area contributed by atoms with E-state index in [1.807, 2.05) is 0 Å². The lowest BCUT2D eigenvalue weighted by molar-refractivity contribution is -0.137. The molecule has 1 unspecified atom stereocenters. The molecule has 1 aromatic carbocycles. The van der Waals surface area contributed by atoms with Gasteiger partial charge in [0.25, 0.3) is 0 Å². The van der Waals surface area contributed by atoms with Crippen molar-refractivity contribution >= 4 is 0 Å². The molecule has 0 N–H and O–H groups in total. The maximum Gasteiger partial charge on any atom is 0.416 e. The molecule has 0 spiro atoms. The summed E-state index contributed by atoms with van der Waals surface area (Å²) in [5, 5.41) is 0. The number of halogens is 4. The van der Waals surface area contributed by atoms with E-state index in [9.17, 15) is 17.6 Å². The Morgan fingerprint density at radius 3 is 2.41 bits per heavy atom. The first kappa shape index (κ1) is 14.0. The van der Waals surface area contributed by atoms with Crippen LogP contribution in [0.4, 0.5) is 17.6 Å². The molecule has 0 saturated heterocycles. The van der Waals surface area contributed by atoms with Gasteiger partial charge in [0.1, 0.15) is 5.82 Å². The average Bonchev–Trinajstić information content (AvgIpc) is 2.23. The van der Waals surface area contributed by atoms with Crippen molar-refractivity contribution in [2.75, 3.05) is 13.7 Å². The zero-order valence-corrected chi connectivity index (χ0v) is 9.64. The molecule has 0 aliphatic rings. The molecular formula is C12H14F4O. The highest BCUT2D eigenvalue weighted by molar-refractivity contribution is 5.29. The molecule has 1 rings (SSSR count). The largest absolute Gasteiger partial charge is 0.416 e. The standard InChI is InChI=1S/C12H14F4O/c1-8(3-4-17-2)9-5-10(12(14,15)16)7-11(13)6-9/h5-8H,3-4H2,1-2H3. The summed E-state index contributed by atoms with van der Waals surface area (Å²) in [7, 11) is 1.51. The lowest BCUT2D eigenvalue weighted by atomic mass is 9.96. The lowest BCUT2D eigenvalue weighted by Gasteiger charge is -2.14. The number of ether oxygens (including phenoxy) is 1. The second-order valence-corrected chi connectivity index (χ2v) is 3.95. The van der Waals surface area contributed by atoms with Crippen LogP contribution in [0.15, 0.2) is 18.2 Å². The Balaban J connectivity index is 2.97. The van der Waals surface area contributed by atoms with Crippen LogP contribution < -0.4 is 0 Å². The van der Waals surface area contributed by atoms with Crippen LogP contribution >= 0.6 is 0 Å². The Kier molecular flexibility index (Phi) is 4.51. The minimum absolute atomic E-state index is 0.174. The summed E-state index contributed by atoms with van der Waals surface area (Å²) in [5.41, 5.74) is -0.605. The third kappa shape index (κ3) is 4.00. The first-order valence-corrected chi connectivity index (χ1v) is 5.21. The van der Waals surface area contributed by atoms with E-state index in [0.717, 1.165) is 12.1 Å². The molecule has 5 heteroatoms. The van der Waals surface area contributed by atoms with Gasteiger partial charge in [-0.25, -0.2) is 4.39 Å². The molecule has 0 bridgehead atoms. The molecular weight excluding hydrogens is 236 g/mol. The normalized spacial score (nSPS) is 13.8. The highest BCUT2D eigenvalue weighted by Gasteiger charge is 2.31. The Hall–Kier alpha value is -1.10. The lowest BCUT2D eigenvalue weighted by Crippen LogP contribution is -2.08. The maximum absolute atomic E-state index is 13.1. The van der Waals surface area contributed by atoms with Gasteiger partial charge in [-0.3, -0.25) is 0 Å². The monoisotopic (exact) mass is 250 g/mol. The van der Waals surface area contributed by atoms with Crippen molar-refractivity contribution in [1.82, 2.24) is 0 Å². The topological polar surface area (TPSA) is 9.23 Å². The SMILES string of the molecule is COCCC(C)c1cc(F)cc(C(F)(F)F)c1. The second kappa shape index (κ2) is 5.49. The van der Waals surface area contributed by atoms with E-state index in [2.05, 4.69) is 0 Å². The summed E-state index contributed by atoms with van der Waals surface area (Å²) in [4.78, 5) is 0. The molecule has 1 atom stereocenters. The Bertz CT molecular complexity index is 373. The molecule has 0 radical (unpaired) electrons. The summed E-state index contributed by atoms with van der Waals surface area (Å²) < 4.78 is 55.4. The molecule has 96 valence electrons. The minimum atomic E-state index is -4.52. The molecule has 0 saturated carbocycles. The van der Waals surface area contributed by atoms with Gasteiger partial charge in [-0.15, -0.1) is 0 Å². The van der Waals surface area contributed by atoms with Crippen LogP contribution in [0, 0.1) is 5.82 Å². The number of hydrogen-bond donors (Lipinski definition) is 0. The highest BCUT2D eigenvalue weighted by atomic mass is 19.4. The summed E-state index contributed by atoms with van der Waals surface area (Å²) in [6.07, 6.45) is -3.96. The zero-order chi connectivity index (χ0) is 13.1. The third-order valence-corrected chi connectivity index (χ3v) is 2.57. The van der Waals surface area contributed by atoms with E-state index in [1.165, 1.54) is 7.11 Å². The molecule has 0 fully saturated rings. The fraction of sp³-hybridized carbons (Fsp3) is 0.500. The van der Waals surface area contributed by atoms with Crippen molar-refractivity contribution in [3.05, 3.63) is 35.1 Å².